The van der Waals surface area contributed by atoms with E-state index in [0.717, 1.165) is 31.0 Å². The summed E-state index contributed by atoms with van der Waals surface area (Å²) in [5, 5.41) is 0. The highest BCUT2D eigenvalue weighted by atomic mass is 16.2. The number of carbonyl (C=O) groups excluding carboxylic acids is 1. The van der Waals surface area contributed by atoms with Gasteiger partial charge in [0.2, 0.25) is 5.91 Å². The van der Waals surface area contributed by atoms with Gasteiger partial charge < -0.3 is 4.90 Å². The Labute approximate surface area is 121 Å². The third-order valence-electron chi connectivity index (χ3n) is 5.21. The van der Waals surface area contributed by atoms with Crippen LogP contribution in [0.5, 0.6) is 0 Å². The van der Waals surface area contributed by atoms with E-state index in [4.69, 9.17) is 0 Å². The molecule has 0 bridgehead atoms. The standard InChI is InChI=1S/C17H24N2O/c1-19(12-10-14-6-2-3-11-18-14)17(20)16-9-8-13-5-4-7-15(13)16/h2-3,6,11,13,15-16H,4-5,7-10,12H2,1H3/t13-,15-,16-/m0/s1. The molecule has 2 fully saturated rings. The Morgan fingerprint density at radius 1 is 1.30 bits per heavy atom. The first kappa shape index (κ1) is 13.6. The van der Waals surface area contributed by atoms with Crippen molar-refractivity contribution in [2.24, 2.45) is 17.8 Å². The summed E-state index contributed by atoms with van der Waals surface area (Å²) in [4.78, 5) is 18.9. The monoisotopic (exact) mass is 272 g/mol. The smallest absolute Gasteiger partial charge is 0.225 e. The van der Waals surface area contributed by atoms with E-state index in [1.54, 1.807) is 0 Å². The molecule has 0 radical (unpaired) electrons. The molecule has 0 saturated heterocycles. The van der Waals surface area contributed by atoms with Crippen molar-refractivity contribution in [2.75, 3.05) is 13.6 Å². The van der Waals surface area contributed by atoms with Crippen molar-refractivity contribution in [1.82, 2.24) is 9.88 Å². The van der Waals surface area contributed by atoms with Gasteiger partial charge >= 0.3 is 0 Å². The summed E-state index contributed by atoms with van der Waals surface area (Å²) in [6.07, 6.45) is 9.01. The summed E-state index contributed by atoms with van der Waals surface area (Å²) in [5.74, 6) is 2.19. The zero-order valence-electron chi connectivity index (χ0n) is 12.3. The topological polar surface area (TPSA) is 33.2 Å². The molecular formula is C17H24N2O. The van der Waals surface area contributed by atoms with Crippen molar-refractivity contribution in [3.8, 4) is 0 Å². The molecule has 1 aromatic rings. The van der Waals surface area contributed by atoms with Crippen LogP contribution in [-0.4, -0.2) is 29.4 Å². The van der Waals surface area contributed by atoms with Gasteiger partial charge in [-0.2, -0.15) is 0 Å². The minimum absolute atomic E-state index is 0.302. The van der Waals surface area contributed by atoms with E-state index >= 15 is 0 Å². The molecule has 20 heavy (non-hydrogen) atoms. The Morgan fingerprint density at radius 2 is 2.20 bits per heavy atom. The maximum absolute atomic E-state index is 12.6. The number of hydrogen-bond acceptors (Lipinski definition) is 2. The fourth-order valence-electron chi connectivity index (χ4n) is 4.09. The van der Waals surface area contributed by atoms with Crippen LogP contribution in [0.15, 0.2) is 24.4 Å². The lowest BCUT2D eigenvalue weighted by molar-refractivity contribution is -0.135. The Bertz CT molecular complexity index is 459. The van der Waals surface area contributed by atoms with Crippen LogP contribution in [0.3, 0.4) is 0 Å². The number of pyridine rings is 1. The highest BCUT2D eigenvalue weighted by Gasteiger charge is 2.43. The molecule has 0 N–H and O–H groups in total. The van der Waals surface area contributed by atoms with Crippen LogP contribution < -0.4 is 0 Å². The quantitative estimate of drug-likeness (QED) is 0.844. The van der Waals surface area contributed by atoms with Crippen LogP contribution in [0, 0.1) is 17.8 Å². The normalized spacial score (nSPS) is 28.4. The van der Waals surface area contributed by atoms with Crippen molar-refractivity contribution in [1.29, 1.82) is 0 Å². The first-order valence-electron chi connectivity index (χ1n) is 7.90. The number of aromatic nitrogens is 1. The second-order valence-corrected chi connectivity index (χ2v) is 6.37. The Balaban J connectivity index is 1.54. The number of fused-ring (bicyclic) bond motifs is 1. The van der Waals surface area contributed by atoms with Crippen molar-refractivity contribution in [2.45, 2.75) is 38.5 Å². The van der Waals surface area contributed by atoms with Crippen LogP contribution in [0.2, 0.25) is 0 Å². The van der Waals surface area contributed by atoms with E-state index in [0.29, 0.717) is 17.7 Å². The molecule has 108 valence electrons. The summed E-state index contributed by atoms with van der Waals surface area (Å²) < 4.78 is 0. The molecule has 1 amide bonds. The van der Waals surface area contributed by atoms with Gasteiger partial charge in [0.1, 0.15) is 0 Å². The molecule has 3 heteroatoms. The summed E-state index contributed by atoms with van der Waals surface area (Å²) >= 11 is 0. The molecule has 0 aromatic carbocycles. The van der Waals surface area contributed by atoms with Crippen molar-refractivity contribution >= 4 is 5.91 Å². The fraction of sp³-hybridized carbons (Fsp3) is 0.647. The van der Waals surface area contributed by atoms with E-state index < -0.39 is 0 Å². The molecule has 3 nitrogen and oxygen atoms in total. The van der Waals surface area contributed by atoms with E-state index in [-0.39, 0.29) is 0 Å². The zero-order valence-corrected chi connectivity index (χ0v) is 12.3. The maximum Gasteiger partial charge on any atom is 0.225 e. The third-order valence-corrected chi connectivity index (χ3v) is 5.21. The highest BCUT2D eigenvalue weighted by Crippen LogP contribution is 2.47. The number of nitrogens with zero attached hydrogens (tertiary/aromatic N) is 2. The molecule has 1 aromatic heterocycles. The predicted octanol–water partition coefficient (Wildman–Crippen LogP) is 2.91. The molecule has 0 unspecified atom stereocenters. The molecule has 2 aliphatic rings. The lowest BCUT2D eigenvalue weighted by atomic mass is 9.91. The molecule has 3 rings (SSSR count). The van der Waals surface area contributed by atoms with Crippen LogP contribution in [0.25, 0.3) is 0 Å². The Morgan fingerprint density at radius 3 is 3.00 bits per heavy atom. The van der Waals surface area contributed by atoms with Gasteiger partial charge in [0.25, 0.3) is 0 Å². The predicted molar refractivity (Wildman–Crippen MR) is 79.1 cm³/mol. The minimum Gasteiger partial charge on any atom is -0.345 e. The highest BCUT2D eigenvalue weighted by molar-refractivity contribution is 5.79. The van der Waals surface area contributed by atoms with Gasteiger partial charge in [-0.25, -0.2) is 0 Å². The van der Waals surface area contributed by atoms with E-state index in [1.165, 1.54) is 25.7 Å². The first-order valence-corrected chi connectivity index (χ1v) is 7.90. The minimum atomic E-state index is 0.302. The number of carbonyl (C=O) groups is 1. The van der Waals surface area contributed by atoms with Gasteiger partial charge in [-0.15, -0.1) is 0 Å². The van der Waals surface area contributed by atoms with Gasteiger partial charge in [-0.05, 0) is 43.2 Å². The lowest BCUT2D eigenvalue weighted by Gasteiger charge is -2.24. The first-order chi connectivity index (χ1) is 9.75. The molecule has 2 saturated carbocycles. The third kappa shape index (κ3) is 2.72. The second kappa shape index (κ2) is 5.94. The van der Waals surface area contributed by atoms with E-state index in [2.05, 4.69) is 4.98 Å². The molecule has 1 heterocycles. The van der Waals surface area contributed by atoms with Crippen molar-refractivity contribution in [3.63, 3.8) is 0 Å². The largest absolute Gasteiger partial charge is 0.345 e. The maximum atomic E-state index is 12.6. The Hall–Kier alpha value is -1.38. The molecular weight excluding hydrogens is 248 g/mol. The molecule has 0 spiro atoms. The van der Waals surface area contributed by atoms with E-state index in [1.807, 2.05) is 36.3 Å². The summed E-state index contributed by atoms with van der Waals surface area (Å²) in [6, 6.07) is 5.96. The lowest BCUT2D eigenvalue weighted by Crippen LogP contribution is -2.36. The number of amides is 1. The van der Waals surface area contributed by atoms with Gasteiger partial charge in [-0.1, -0.05) is 18.9 Å². The van der Waals surface area contributed by atoms with Crippen molar-refractivity contribution < 1.29 is 4.79 Å². The van der Waals surface area contributed by atoms with Crippen molar-refractivity contribution in [3.05, 3.63) is 30.1 Å². The van der Waals surface area contributed by atoms with Gasteiger partial charge in [0.15, 0.2) is 0 Å². The van der Waals surface area contributed by atoms with Crippen LogP contribution >= 0.6 is 0 Å². The second-order valence-electron chi connectivity index (χ2n) is 6.37. The number of likely N-dealkylation sites (N-methyl/N-ethyl adjacent to an activating group) is 1. The summed E-state index contributed by atoms with van der Waals surface area (Å²) in [7, 11) is 1.95. The van der Waals surface area contributed by atoms with E-state index in [9.17, 15) is 4.79 Å². The van der Waals surface area contributed by atoms with Gasteiger partial charge in [0.05, 0.1) is 0 Å². The molecule has 2 aliphatic carbocycles. The SMILES string of the molecule is CN(CCc1ccccn1)C(=O)[C@H]1CC[C@@H]2CCC[C@@H]21. The molecule has 3 atom stereocenters. The van der Waals surface area contributed by atoms with Gasteiger partial charge in [0, 0.05) is 37.8 Å². The average molecular weight is 272 g/mol. The zero-order chi connectivity index (χ0) is 13.9. The average Bonchev–Trinajstić information content (AvgIpc) is 3.08. The van der Waals surface area contributed by atoms with Crippen LogP contribution in [-0.2, 0) is 11.2 Å². The van der Waals surface area contributed by atoms with Gasteiger partial charge in [-0.3, -0.25) is 9.78 Å². The van der Waals surface area contributed by atoms with Crippen LogP contribution in [0.4, 0.5) is 0 Å². The van der Waals surface area contributed by atoms with Crippen LogP contribution in [0.1, 0.15) is 37.8 Å². The number of hydrogen-bond donors (Lipinski definition) is 0. The summed E-state index contributed by atoms with van der Waals surface area (Å²) in [6.45, 7) is 0.781. The fourth-order valence-corrected chi connectivity index (χ4v) is 4.09. The Kier molecular flexibility index (Phi) is 4.04. The number of rotatable bonds is 4. The summed E-state index contributed by atoms with van der Waals surface area (Å²) in [5.41, 5.74) is 1.07. The molecule has 0 aliphatic heterocycles.